The largest absolute Gasteiger partial charge is 0.390 e. The lowest BCUT2D eigenvalue weighted by atomic mass is 10.2. The fourth-order valence-electron chi connectivity index (χ4n) is 2.59. The van der Waals surface area contributed by atoms with Gasteiger partial charge in [-0.25, -0.2) is 0 Å². The Morgan fingerprint density at radius 1 is 1.35 bits per heavy atom. The number of rotatable bonds is 6. The van der Waals surface area contributed by atoms with Crippen LogP contribution < -0.4 is 5.32 Å². The average molecular weight is 342 g/mol. The van der Waals surface area contributed by atoms with Gasteiger partial charge in [-0.05, 0) is 18.7 Å². The molecule has 5 heteroatoms. The van der Waals surface area contributed by atoms with Crippen LogP contribution in [0.15, 0.2) is 28.7 Å². The van der Waals surface area contributed by atoms with Crippen LogP contribution in [0.4, 0.5) is 0 Å². The van der Waals surface area contributed by atoms with Gasteiger partial charge in [0.05, 0.1) is 6.10 Å². The van der Waals surface area contributed by atoms with Crippen LogP contribution in [0.25, 0.3) is 0 Å². The molecule has 0 amide bonds. The number of β-amino-alcohol motifs (C(OH)–C–C–N with tert-alkyl or cyclic N) is 1. The maximum absolute atomic E-state index is 10.2. The molecule has 0 bridgehead atoms. The molecule has 1 aromatic carbocycles. The van der Waals surface area contributed by atoms with Crippen LogP contribution in [0.1, 0.15) is 5.56 Å². The van der Waals surface area contributed by atoms with Gasteiger partial charge in [0.15, 0.2) is 0 Å². The minimum Gasteiger partial charge on any atom is -0.390 e. The summed E-state index contributed by atoms with van der Waals surface area (Å²) >= 11 is 3.57. The van der Waals surface area contributed by atoms with E-state index in [0.717, 1.165) is 43.7 Å². The third-order valence-corrected chi connectivity index (χ3v) is 4.37. The summed E-state index contributed by atoms with van der Waals surface area (Å²) in [5.74, 6) is 0. The van der Waals surface area contributed by atoms with E-state index in [-0.39, 0.29) is 6.10 Å². The fourth-order valence-corrected chi connectivity index (χ4v) is 3.00. The second-order valence-electron chi connectivity index (χ2n) is 5.49. The molecule has 2 rings (SSSR count). The van der Waals surface area contributed by atoms with Crippen molar-refractivity contribution in [1.29, 1.82) is 0 Å². The van der Waals surface area contributed by atoms with Gasteiger partial charge in [0, 0.05) is 50.3 Å². The van der Waals surface area contributed by atoms with E-state index >= 15 is 0 Å². The number of hydrogen-bond donors (Lipinski definition) is 2. The Kier molecular flexibility index (Phi) is 6.45. The van der Waals surface area contributed by atoms with Crippen LogP contribution in [0.3, 0.4) is 0 Å². The molecule has 0 saturated carbocycles. The van der Waals surface area contributed by atoms with E-state index in [4.69, 9.17) is 0 Å². The van der Waals surface area contributed by atoms with Gasteiger partial charge in [-0.2, -0.15) is 0 Å². The number of halogens is 1. The Labute approximate surface area is 129 Å². The zero-order chi connectivity index (χ0) is 14.4. The van der Waals surface area contributed by atoms with Crippen molar-refractivity contribution >= 4 is 15.9 Å². The summed E-state index contributed by atoms with van der Waals surface area (Å²) in [6.07, 6.45) is -0.291. The van der Waals surface area contributed by atoms with Crippen molar-refractivity contribution < 1.29 is 5.11 Å². The molecular formula is C15H24BrN3O. The summed E-state index contributed by atoms with van der Waals surface area (Å²) < 4.78 is 1.13. The number of aliphatic hydroxyl groups is 1. The third kappa shape index (κ3) is 5.14. The molecule has 20 heavy (non-hydrogen) atoms. The number of likely N-dealkylation sites (N-methyl/N-ethyl adjacent to an activating group) is 1. The summed E-state index contributed by atoms with van der Waals surface area (Å²) in [6.45, 7) is 6.43. The average Bonchev–Trinajstić information content (AvgIpc) is 2.42. The molecule has 0 aliphatic carbocycles. The second-order valence-corrected chi connectivity index (χ2v) is 6.35. The first kappa shape index (κ1) is 15.9. The zero-order valence-electron chi connectivity index (χ0n) is 12.1. The molecule has 112 valence electrons. The molecule has 0 spiro atoms. The van der Waals surface area contributed by atoms with Gasteiger partial charge < -0.3 is 10.4 Å². The Bertz CT molecular complexity index is 410. The number of piperazine rings is 1. The van der Waals surface area contributed by atoms with Crippen molar-refractivity contribution in [3.8, 4) is 0 Å². The molecule has 1 aliphatic rings. The highest BCUT2D eigenvalue weighted by molar-refractivity contribution is 9.10. The second kappa shape index (κ2) is 8.10. The topological polar surface area (TPSA) is 38.7 Å². The van der Waals surface area contributed by atoms with E-state index in [9.17, 15) is 5.11 Å². The maximum atomic E-state index is 10.2. The van der Waals surface area contributed by atoms with Crippen molar-refractivity contribution in [3.05, 3.63) is 34.3 Å². The normalized spacial score (nSPS) is 18.4. The molecule has 1 aromatic rings. The number of nitrogens with one attached hydrogen (secondary N) is 1. The molecule has 1 atom stereocenters. The van der Waals surface area contributed by atoms with Crippen molar-refractivity contribution in [3.63, 3.8) is 0 Å². The van der Waals surface area contributed by atoms with E-state index in [1.807, 2.05) is 12.1 Å². The highest BCUT2D eigenvalue weighted by atomic mass is 79.9. The van der Waals surface area contributed by atoms with Gasteiger partial charge >= 0.3 is 0 Å². The van der Waals surface area contributed by atoms with Crippen molar-refractivity contribution in [2.75, 3.05) is 46.3 Å². The highest BCUT2D eigenvalue weighted by Gasteiger charge is 2.16. The molecule has 0 aromatic heterocycles. The molecule has 1 saturated heterocycles. The van der Waals surface area contributed by atoms with Crippen molar-refractivity contribution in [2.24, 2.45) is 0 Å². The van der Waals surface area contributed by atoms with Crippen LogP contribution in [0.5, 0.6) is 0 Å². The zero-order valence-corrected chi connectivity index (χ0v) is 13.6. The fraction of sp³-hybridized carbons (Fsp3) is 0.600. The number of benzene rings is 1. The van der Waals surface area contributed by atoms with Gasteiger partial charge in [-0.3, -0.25) is 9.80 Å². The monoisotopic (exact) mass is 341 g/mol. The first-order chi connectivity index (χ1) is 9.65. The Morgan fingerprint density at radius 3 is 2.75 bits per heavy atom. The summed E-state index contributed by atoms with van der Waals surface area (Å²) in [7, 11) is 2.06. The molecular weight excluding hydrogens is 318 g/mol. The molecule has 1 unspecified atom stereocenters. The smallest absolute Gasteiger partial charge is 0.0793 e. The van der Waals surface area contributed by atoms with E-state index in [1.54, 1.807) is 0 Å². The van der Waals surface area contributed by atoms with Crippen LogP contribution >= 0.6 is 15.9 Å². The Morgan fingerprint density at radius 2 is 2.05 bits per heavy atom. The van der Waals surface area contributed by atoms with Crippen LogP contribution in [0.2, 0.25) is 0 Å². The van der Waals surface area contributed by atoms with Crippen molar-refractivity contribution in [1.82, 2.24) is 15.1 Å². The van der Waals surface area contributed by atoms with E-state index in [0.29, 0.717) is 6.54 Å². The molecule has 4 nitrogen and oxygen atoms in total. The third-order valence-electron chi connectivity index (χ3n) is 3.60. The first-order valence-electron chi connectivity index (χ1n) is 7.18. The molecule has 1 heterocycles. The highest BCUT2D eigenvalue weighted by Crippen LogP contribution is 2.17. The van der Waals surface area contributed by atoms with Crippen LogP contribution in [0, 0.1) is 0 Å². The van der Waals surface area contributed by atoms with Gasteiger partial charge in [0.2, 0.25) is 0 Å². The summed E-state index contributed by atoms with van der Waals surface area (Å²) in [4.78, 5) is 4.50. The van der Waals surface area contributed by atoms with Crippen molar-refractivity contribution in [2.45, 2.75) is 12.6 Å². The van der Waals surface area contributed by atoms with Gasteiger partial charge in [0.25, 0.3) is 0 Å². The van der Waals surface area contributed by atoms with E-state index < -0.39 is 0 Å². The molecule has 0 radical (unpaired) electrons. The van der Waals surface area contributed by atoms with E-state index in [2.05, 4.69) is 50.2 Å². The predicted octanol–water partition coefficient (Wildman–Crippen LogP) is 1.15. The summed E-state index contributed by atoms with van der Waals surface area (Å²) in [5.41, 5.74) is 1.25. The Balaban J connectivity index is 1.75. The van der Waals surface area contributed by atoms with Crippen LogP contribution in [-0.4, -0.2) is 67.3 Å². The Hall–Kier alpha value is -0.460. The lowest BCUT2D eigenvalue weighted by Crippen LogP contribution is -2.48. The van der Waals surface area contributed by atoms with Gasteiger partial charge in [-0.15, -0.1) is 0 Å². The molecule has 1 aliphatic heterocycles. The summed E-state index contributed by atoms with van der Waals surface area (Å²) in [5, 5.41) is 13.5. The first-order valence-corrected chi connectivity index (χ1v) is 7.97. The lowest BCUT2D eigenvalue weighted by Gasteiger charge is -2.30. The quantitative estimate of drug-likeness (QED) is 0.814. The number of aliphatic hydroxyl groups excluding tert-OH is 1. The minimum absolute atomic E-state index is 0.291. The lowest BCUT2D eigenvalue weighted by molar-refractivity contribution is 0.0751. The maximum Gasteiger partial charge on any atom is 0.0793 e. The minimum atomic E-state index is -0.291. The van der Waals surface area contributed by atoms with Gasteiger partial charge in [-0.1, -0.05) is 34.1 Å². The SMILES string of the molecule is CN(Cc1ccccc1Br)CC(O)CN1CCNCC1. The number of hydrogen-bond acceptors (Lipinski definition) is 4. The molecule has 2 N–H and O–H groups in total. The van der Waals surface area contributed by atoms with Crippen LogP contribution in [-0.2, 0) is 6.54 Å². The predicted molar refractivity (Wildman–Crippen MR) is 85.8 cm³/mol. The summed E-state index contributed by atoms with van der Waals surface area (Å²) in [6, 6.07) is 8.24. The van der Waals surface area contributed by atoms with E-state index in [1.165, 1.54) is 5.56 Å². The molecule has 1 fully saturated rings. The number of nitrogens with zero attached hydrogens (tertiary/aromatic N) is 2. The standard InChI is InChI=1S/C15H24BrN3O/c1-18(10-13-4-2-3-5-15(13)16)11-14(20)12-19-8-6-17-7-9-19/h2-5,14,17,20H,6-12H2,1H3. The van der Waals surface area contributed by atoms with Gasteiger partial charge in [0.1, 0.15) is 0 Å².